The fourth-order valence-corrected chi connectivity index (χ4v) is 4.61. The number of nitrogens with zero attached hydrogens (tertiary/aromatic N) is 2. The second-order valence-corrected chi connectivity index (χ2v) is 9.29. The van der Waals surface area contributed by atoms with Crippen LogP contribution in [0.15, 0.2) is 53.4 Å². The van der Waals surface area contributed by atoms with Crippen molar-refractivity contribution in [3.63, 3.8) is 0 Å². The van der Waals surface area contributed by atoms with Crippen LogP contribution in [-0.2, 0) is 21.2 Å². The minimum atomic E-state index is -3.86. The van der Waals surface area contributed by atoms with E-state index in [1.165, 1.54) is 38.3 Å². The van der Waals surface area contributed by atoms with Gasteiger partial charge in [-0.25, -0.2) is 8.42 Å². The smallest absolute Gasteiger partial charge is 0.263 e. The number of aromatic nitrogens is 2. The Hall–Kier alpha value is -3.51. The third-order valence-electron chi connectivity index (χ3n) is 4.13. The average molecular weight is 476 g/mol. The van der Waals surface area contributed by atoms with Crippen molar-refractivity contribution in [2.24, 2.45) is 0 Å². The van der Waals surface area contributed by atoms with E-state index in [1.54, 1.807) is 24.3 Å². The quantitative estimate of drug-likeness (QED) is 0.431. The number of sulfonamides is 1. The van der Waals surface area contributed by atoms with Gasteiger partial charge >= 0.3 is 0 Å². The largest absolute Gasteiger partial charge is 0.497 e. The van der Waals surface area contributed by atoms with Gasteiger partial charge in [0, 0.05) is 31.1 Å². The first-order valence-corrected chi connectivity index (χ1v) is 11.7. The molecule has 0 atom stereocenters. The molecule has 3 aromatic rings. The van der Waals surface area contributed by atoms with E-state index in [2.05, 4.69) is 25.6 Å². The molecular weight excluding hydrogens is 454 g/mol. The van der Waals surface area contributed by atoms with Crippen LogP contribution in [0, 0.1) is 0 Å². The second kappa shape index (κ2) is 10.2. The van der Waals surface area contributed by atoms with E-state index < -0.39 is 10.0 Å². The Morgan fingerprint density at radius 1 is 1.09 bits per heavy atom. The number of hydrogen-bond donors (Lipinski definition) is 3. The van der Waals surface area contributed by atoms with Crippen molar-refractivity contribution in [1.82, 2.24) is 15.5 Å². The molecule has 2 amide bonds. The molecule has 1 aromatic heterocycles. The summed E-state index contributed by atoms with van der Waals surface area (Å²) in [4.78, 5) is 23.3. The molecule has 0 spiro atoms. The molecule has 0 aliphatic carbocycles. The maximum Gasteiger partial charge on any atom is 0.263 e. The number of benzene rings is 2. The number of carbonyl (C=O) groups is 2. The first-order valence-electron chi connectivity index (χ1n) is 9.42. The maximum atomic E-state index is 12.5. The zero-order valence-corrected chi connectivity index (χ0v) is 18.9. The monoisotopic (exact) mass is 475 g/mol. The lowest BCUT2D eigenvalue weighted by atomic mass is 10.2. The van der Waals surface area contributed by atoms with Gasteiger partial charge < -0.3 is 15.4 Å². The summed E-state index contributed by atoms with van der Waals surface area (Å²) in [6.07, 6.45) is 0.389. The fourth-order valence-electron chi connectivity index (χ4n) is 2.64. The van der Waals surface area contributed by atoms with Crippen LogP contribution in [0.25, 0.3) is 0 Å². The Kier molecular flexibility index (Phi) is 7.38. The third-order valence-corrected chi connectivity index (χ3v) is 6.51. The first-order chi connectivity index (χ1) is 15.3. The van der Waals surface area contributed by atoms with Crippen LogP contribution in [0.1, 0.15) is 22.3 Å². The molecule has 0 unspecified atom stereocenters. The zero-order valence-electron chi connectivity index (χ0n) is 17.3. The average Bonchev–Trinajstić information content (AvgIpc) is 3.20. The molecule has 0 bridgehead atoms. The second-order valence-electron chi connectivity index (χ2n) is 6.55. The van der Waals surface area contributed by atoms with Crippen LogP contribution < -0.4 is 20.1 Å². The maximum absolute atomic E-state index is 12.5. The van der Waals surface area contributed by atoms with E-state index >= 15 is 0 Å². The Bertz CT molecular complexity index is 1210. The standard InChI is InChI=1S/C20H21N5O5S2/c1-13(26)22-15-6-8-17(9-7-15)32(28,29)25-20-24-23-18(31-20)10-11-21-19(27)14-4-3-5-16(12-14)30-2/h3-9,12H,10-11H2,1-2H3,(H,21,27)(H,22,26)(H,24,25). The van der Waals surface area contributed by atoms with Gasteiger partial charge in [0.25, 0.3) is 15.9 Å². The minimum Gasteiger partial charge on any atom is -0.497 e. The molecule has 0 aliphatic heterocycles. The lowest BCUT2D eigenvalue weighted by Crippen LogP contribution is -2.25. The summed E-state index contributed by atoms with van der Waals surface area (Å²) in [5, 5.41) is 13.8. The molecule has 168 valence electrons. The number of ether oxygens (including phenoxy) is 1. The van der Waals surface area contributed by atoms with Crippen LogP contribution in [0.2, 0.25) is 0 Å². The lowest BCUT2D eigenvalue weighted by Gasteiger charge is -2.06. The van der Waals surface area contributed by atoms with E-state index in [4.69, 9.17) is 4.74 Å². The van der Waals surface area contributed by atoms with Crippen molar-refractivity contribution >= 4 is 44.0 Å². The van der Waals surface area contributed by atoms with Gasteiger partial charge in [0.2, 0.25) is 11.0 Å². The summed E-state index contributed by atoms with van der Waals surface area (Å²) in [5.41, 5.74) is 0.963. The highest BCUT2D eigenvalue weighted by Gasteiger charge is 2.17. The molecule has 10 nitrogen and oxygen atoms in total. The van der Waals surface area contributed by atoms with Gasteiger partial charge in [0.1, 0.15) is 10.8 Å². The normalized spacial score (nSPS) is 10.9. The number of hydrogen-bond acceptors (Lipinski definition) is 8. The van der Waals surface area contributed by atoms with Gasteiger partial charge in [-0.3, -0.25) is 14.3 Å². The van der Waals surface area contributed by atoms with Crippen LogP contribution >= 0.6 is 11.3 Å². The Morgan fingerprint density at radius 3 is 2.53 bits per heavy atom. The highest BCUT2D eigenvalue weighted by Crippen LogP contribution is 2.21. The van der Waals surface area contributed by atoms with Crippen LogP contribution in [-0.4, -0.2) is 44.1 Å². The van der Waals surface area contributed by atoms with Gasteiger partial charge in [0.05, 0.1) is 12.0 Å². The van der Waals surface area contributed by atoms with Crippen LogP contribution in [0.3, 0.4) is 0 Å². The molecular formula is C20H21N5O5S2. The molecule has 32 heavy (non-hydrogen) atoms. The van der Waals surface area contributed by atoms with Crippen molar-refractivity contribution in [1.29, 1.82) is 0 Å². The number of methoxy groups -OCH3 is 1. The van der Waals surface area contributed by atoms with Gasteiger partial charge in [-0.2, -0.15) is 0 Å². The van der Waals surface area contributed by atoms with Crippen LogP contribution in [0.5, 0.6) is 5.75 Å². The molecule has 0 radical (unpaired) electrons. The van der Waals surface area contributed by atoms with Crippen molar-refractivity contribution in [3.8, 4) is 5.75 Å². The Balaban J connectivity index is 1.54. The number of nitrogens with one attached hydrogen (secondary N) is 3. The lowest BCUT2D eigenvalue weighted by molar-refractivity contribution is -0.114. The molecule has 0 saturated carbocycles. The van der Waals surface area contributed by atoms with Crippen molar-refractivity contribution in [2.75, 3.05) is 23.7 Å². The van der Waals surface area contributed by atoms with E-state index in [0.29, 0.717) is 35.0 Å². The third kappa shape index (κ3) is 6.25. The first kappa shape index (κ1) is 23.2. The summed E-state index contributed by atoms with van der Waals surface area (Å²) in [5.74, 6) is 0.0836. The van der Waals surface area contributed by atoms with Gasteiger partial charge in [0.15, 0.2) is 0 Å². The Labute approximate surface area is 189 Å². The fraction of sp³-hybridized carbons (Fsp3) is 0.200. The van der Waals surface area contributed by atoms with E-state index in [1.807, 2.05) is 0 Å². The van der Waals surface area contributed by atoms with Gasteiger partial charge in [-0.05, 0) is 42.5 Å². The summed E-state index contributed by atoms with van der Waals surface area (Å²) in [7, 11) is -2.33. The SMILES string of the molecule is COc1cccc(C(=O)NCCc2nnc(NS(=O)(=O)c3ccc(NC(C)=O)cc3)s2)c1. The summed E-state index contributed by atoms with van der Waals surface area (Å²) < 4.78 is 32.5. The van der Waals surface area contributed by atoms with E-state index in [-0.39, 0.29) is 21.8 Å². The molecule has 1 heterocycles. The summed E-state index contributed by atoms with van der Waals surface area (Å²) in [6, 6.07) is 12.5. The van der Waals surface area contributed by atoms with Crippen LogP contribution in [0.4, 0.5) is 10.8 Å². The topological polar surface area (TPSA) is 139 Å². The zero-order chi connectivity index (χ0) is 23.1. The molecule has 0 saturated heterocycles. The predicted octanol–water partition coefficient (Wildman–Crippen LogP) is 2.28. The van der Waals surface area contributed by atoms with Gasteiger partial charge in [-0.1, -0.05) is 17.4 Å². The van der Waals surface area contributed by atoms with E-state index in [9.17, 15) is 18.0 Å². The number of amides is 2. The highest BCUT2D eigenvalue weighted by molar-refractivity contribution is 7.93. The summed E-state index contributed by atoms with van der Waals surface area (Å²) >= 11 is 1.08. The molecule has 3 rings (SSSR count). The molecule has 12 heteroatoms. The number of carbonyl (C=O) groups excluding carboxylic acids is 2. The molecule has 0 fully saturated rings. The van der Waals surface area contributed by atoms with Crippen molar-refractivity contribution < 1.29 is 22.7 Å². The van der Waals surface area contributed by atoms with Crippen molar-refractivity contribution in [2.45, 2.75) is 18.2 Å². The minimum absolute atomic E-state index is 0.0221. The molecule has 3 N–H and O–H groups in total. The number of anilines is 2. The predicted molar refractivity (Wildman–Crippen MR) is 120 cm³/mol. The van der Waals surface area contributed by atoms with E-state index in [0.717, 1.165) is 11.3 Å². The van der Waals surface area contributed by atoms with Gasteiger partial charge in [-0.15, -0.1) is 10.2 Å². The van der Waals surface area contributed by atoms with Crippen molar-refractivity contribution in [3.05, 3.63) is 59.1 Å². The molecule has 0 aliphatic rings. The number of rotatable bonds is 9. The summed E-state index contributed by atoms with van der Waals surface area (Å²) in [6.45, 7) is 1.67. The Morgan fingerprint density at radius 2 is 1.84 bits per heavy atom. The highest BCUT2D eigenvalue weighted by atomic mass is 32.2. The molecule has 2 aromatic carbocycles.